The van der Waals surface area contributed by atoms with Crippen molar-refractivity contribution in [3.05, 3.63) is 59.7 Å². The third-order valence-electron chi connectivity index (χ3n) is 4.23. The zero-order chi connectivity index (χ0) is 16.4. The van der Waals surface area contributed by atoms with Crippen molar-refractivity contribution in [3.8, 4) is 5.75 Å². The van der Waals surface area contributed by atoms with Gasteiger partial charge in [0.25, 0.3) is 0 Å². The number of Topliss-reactive ketones (excluding diaryl/α,β-unsaturated/α-hetero) is 1. The molecule has 2 aromatic carbocycles. The smallest absolute Gasteiger partial charge is 0.228 e. The van der Waals surface area contributed by atoms with Crippen LogP contribution in [0.5, 0.6) is 5.75 Å². The van der Waals surface area contributed by atoms with E-state index in [9.17, 15) is 9.59 Å². The average molecular weight is 309 g/mol. The van der Waals surface area contributed by atoms with Gasteiger partial charge in [-0.05, 0) is 61.2 Å². The van der Waals surface area contributed by atoms with Crippen molar-refractivity contribution in [1.82, 2.24) is 0 Å². The molecule has 0 heterocycles. The highest BCUT2D eigenvalue weighted by molar-refractivity contribution is 5.97. The molecule has 2 unspecified atom stereocenters. The number of benzene rings is 2. The average Bonchev–Trinajstić information content (AvgIpc) is 3.36. The minimum atomic E-state index is 0.0101. The number of methoxy groups -OCH3 is 1. The molecule has 0 saturated heterocycles. The first-order valence-corrected chi connectivity index (χ1v) is 7.64. The second-order valence-electron chi connectivity index (χ2n) is 5.84. The van der Waals surface area contributed by atoms with E-state index in [4.69, 9.17) is 4.74 Å². The highest BCUT2D eigenvalue weighted by atomic mass is 16.5. The van der Waals surface area contributed by atoms with E-state index in [0.29, 0.717) is 5.56 Å². The van der Waals surface area contributed by atoms with E-state index in [1.165, 1.54) is 6.92 Å². The van der Waals surface area contributed by atoms with Crippen molar-refractivity contribution in [2.75, 3.05) is 12.4 Å². The fraction of sp³-hybridized carbons (Fsp3) is 0.263. The second kappa shape index (κ2) is 6.24. The van der Waals surface area contributed by atoms with E-state index < -0.39 is 0 Å². The van der Waals surface area contributed by atoms with Gasteiger partial charge in [0.2, 0.25) is 5.91 Å². The van der Waals surface area contributed by atoms with Crippen molar-refractivity contribution in [3.63, 3.8) is 0 Å². The Bertz CT molecular complexity index is 719. The molecule has 0 aliphatic heterocycles. The van der Waals surface area contributed by atoms with Crippen LogP contribution in [-0.4, -0.2) is 18.8 Å². The Morgan fingerprint density at radius 2 is 1.70 bits per heavy atom. The molecule has 1 amide bonds. The topological polar surface area (TPSA) is 55.4 Å². The van der Waals surface area contributed by atoms with Gasteiger partial charge in [0.1, 0.15) is 5.75 Å². The zero-order valence-corrected chi connectivity index (χ0v) is 13.2. The number of hydrogen-bond donors (Lipinski definition) is 1. The van der Waals surface area contributed by atoms with Crippen LogP contribution in [0.25, 0.3) is 0 Å². The molecule has 0 spiro atoms. The Morgan fingerprint density at radius 3 is 2.26 bits per heavy atom. The van der Waals surface area contributed by atoms with Gasteiger partial charge in [0.15, 0.2) is 5.78 Å². The number of rotatable bonds is 5. The summed E-state index contributed by atoms with van der Waals surface area (Å²) in [6.07, 6.45) is 0.865. The number of nitrogens with one attached hydrogen (secondary N) is 1. The summed E-state index contributed by atoms with van der Waals surface area (Å²) < 4.78 is 5.15. The van der Waals surface area contributed by atoms with Gasteiger partial charge in [-0.15, -0.1) is 0 Å². The second-order valence-corrected chi connectivity index (χ2v) is 5.84. The molecule has 23 heavy (non-hydrogen) atoms. The van der Waals surface area contributed by atoms with Crippen LogP contribution in [0.4, 0.5) is 5.69 Å². The summed E-state index contributed by atoms with van der Waals surface area (Å²) in [5.41, 5.74) is 2.53. The molecule has 1 fully saturated rings. The first-order chi connectivity index (χ1) is 11.1. The quantitative estimate of drug-likeness (QED) is 0.858. The summed E-state index contributed by atoms with van der Waals surface area (Å²) in [4.78, 5) is 23.5. The summed E-state index contributed by atoms with van der Waals surface area (Å²) in [5.74, 6) is 1.15. The van der Waals surface area contributed by atoms with Gasteiger partial charge in [0.05, 0.1) is 7.11 Å². The Hall–Kier alpha value is -2.62. The molecule has 1 aliphatic rings. The molecule has 0 aromatic heterocycles. The van der Waals surface area contributed by atoms with Gasteiger partial charge in [-0.2, -0.15) is 0 Å². The molecule has 3 rings (SSSR count). The van der Waals surface area contributed by atoms with Crippen LogP contribution in [0, 0.1) is 5.92 Å². The van der Waals surface area contributed by atoms with Gasteiger partial charge in [-0.1, -0.05) is 12.1 Å². The SMILES string of the molecule is COc1ccc(C2CC2C(=O)Nc2ccc(C(C)=O)cc2)cc1. The van der Waals surface area contributed by atoms with E-state index in [0.717, 1.165) is 23.4 Å². The van der Waals surface area contributed by atoms with E-state index in [2.05, 4.69) is 5.32 Å². The highest BCUT2D eigenvalue weighted by Crippen LogP contribution is 2.48. The first kappa shape index (κ1) is 15.3. The monoisotopic (exact) mass is 309 g/mol. The number of ether oxygens (including phenoxy) is 1. The molecule has 2 aromatic rings. The minimum Gasteiger partial charge on any atom is -0.497 e. The summed E-state index contributed by atoms with van der Waals surface area (Å²) >= 11 is 0. The minimum absolute atomic E-state index is 0.0101. The highest BCUT2D eigenvalue weighted by Gasteiger charge is 2.43. The molecule has 0 radical (unpaired) electrons. The summed E-state index contributed by atoms with van der Waals surface area (Å²) in [6.45, 7) is 1.53. The van der Waals surface area contributed by atoms with Crippen LogP contribution in [0.1, 0.15) is 35.2 Å². The standard InChI is InChI=1S/C19H19NO3/c1-12(21)13-3-7-15(8-4-13)20-19(22)18-11-17(18)14-5-9-16(23-2)10-6-14/h3-10,17-18H,11H2,1-2H3,(H,20,22). The van der Waals surface area contributed by atoms with Crippen molar-refractivity contribution < 1.29 is 14.3 Å². The van der Waals surface area contributed by atoms with E-state index in [-0.39, 0.29) is 23.5 Å². The summed E-state index contributed by atoms with van der Waals surface area (Å²) in [7, 11) is 1.64. The zero-order valence-electron chi connectivity index (χ0n) is 13.2. The summed E-state index contributed by atoms with van der Waals surface area (Å²) in [5, 5.41) is 2.92. The van der Waals surface area contributed by atoms with Crippen LogP contribution < -0.4 is 10.1 Å². The molecular formula is C19H19NO3. The number of amides is 1. The Labute approximate surface area is 135 Å². The van der Waals surface area contributed by atoms with E-state index >= 15 is 0 Å². The molecule has 4 heteroatoms. The maximum absolute atomic E-state index is 12.3. The van der Waals surface area contributed by atoms with E-state index in [1.54, 1.807) is 31.4 Å². The molecule has 1 saturated carbocycles. The number of hydrogen-bond acceptors (Lipinski definition) is 3. The van der Waals surface area contributed by atoms with Crippen LogP contribution in [0.3, 0.4) is 0 Å². The first-order valence-electron chi connectivity index (χ1n) is 7.64. The molecule has 2 atom stereocenters. The predicted molar refractivity (Wildman–Crippen MR) is 88.9 cm³/mol. The summed E-state index contributed by atoms with van der Waals surface area (Å²) in [6, 6.07) is 14.8. The van der Waals surface area contributed by atoms with Crippen molar-refractivity contribution in [2.24, 2.45) is 5.92 Å². The lowest BCUT2D eigenvalue weighted by Crippen LogP contribution is -2.14. The van der Waals surface area contributed by atoms with Crippen LogP contribution >= 0.6 is 0 Å². The number of carbonyl (C=O) groups is 2. The van der Waals surface area contributed by atoms with Gasteiger partial charge in [-0.25, -0.2) is 0 Å². The maximum atomic E-state index is 12.3. The fourth-order valence-electron chi connectivity index (χ4n) is 2.73. The molecule has 4 nitrogen and oxygen atoms in total. The molecule has 1 N–H and O–H groups in total. The molecule has 0 bridgehead atoms. The molecule has 1 aliphatic carbocycles. The Balaban J connectivity index is 1.60. The number of anilines is 1. The fourth-order valence-corrected chi connectivity index (χ4v) is 2.73. The van der Waals surface area contributed by atoms with Crippen LogP contribution in [0.2, 0.25) is 0 Å². The molecular weight excluding hydrogens is 290 g/mol. The van der Waals surface area contributed by atoms with E-state index in [1.807, 2.05) is 24.3 Å². The predicted octanol–water partition coefficient (Wildman–Crippen LogP) is 3.64. The lowest BCUT2D eigenvalue weighted by Gasteiger charge is -2.06. The Kier molecular flexibility index (Phi) is 4.15. The van der Waals surface area contributed by atoms with Crippen molar-refractivity contribution >= 4 is 17.4 Å². The third kappa shape index (κ3) is 3.42. The van der Waals surface area contributed by atoms with Gasteiger partial charge in [0, 0.05) is 17.2 Å². The van der Waals surface area contributed by atoms with Gasteiger partial charge < -0.3 is 10.1 Å². The lowest BCUT2D eigenvalue weighted by atomic mass is 10.1. The lowest BCUT2D eigenvalue weighted by molar-refractivity contribution is -0.117. The van der Waals surface area contributed by atoms with Crippen molar-refractivity contribution in [2.45, 2.75) is 19.3 Å². The maximum Gasteiger partial charge on any atom is 0.228 e. The largest absolute Gasteiger partial charge is 0.497 e. The normalized spacial score (nSPS) is 19.0. The van der Waals surface area contributed by atoms with Crippen LogP contribution in [0.15, 0.2) is 48.5 Å². The number of carbonyl (C=O) groups excluding carboxylic acids is 2. The van der Waals surface area contributed by atoms with Crippen molar-refractivity contribution in [1.29, 1.82) is 0 Å². The van der Waals surface area contributed by atoms with Crippen LogP contribution in [-0.2, 0) is 4.79 Å². The number of ketones is 1. The Morgan fingerprint density at radius 1 is 1.04 bits per heavy atom. The van der Waals surface area contributed by atoms with Gasteiger partial charge in [-0.3, -0.25) is 9.59 Å². The third-order valence-corrected chi connectivity index (χ3v) is 4.23. The van der Waals surface area contributed by atoms with Gasteiger partial charge >= 0.3 is 0 Å². The molecule has 118 valence electrons.